The number of rotatable bonds is 10. The van der Waals surface area contributed by atoms with Crippen molar-refractivity contribution in [3.63, 3.8) is 0 Å². The first kappa shape index (κ1) is 26.5. The van der Waals surface area contributed by atoms with Crippen LogP contribution in [0.4, 0.5) is 24.9 Å². The third-order valence-electron chi connectivity index (χ3n) is 6.06. The van der Waals surface area contributed by atoms with Crippen LogP contribution in [0.1, 0.15) is 12.1 Å². The summed E-state index contributed by atoms with van der Waals surface area (Å²) in [5.74, 6) is -0.176. The molecule has 1 aliphatic rings. The van der Waals surface area contributed by atoms with Gasteiger partial charge in [-0.3, -0.25) is 0 Å². The van der Waals surface area contributed by atoms with Crippen molar-refractivity contribution in [3.05, 3.63) is 30.0 Å². The van der Waals surface area contributed by atoms with Crippen molar-refractivity contribution < 1.29 is 28.1 Å². The minimum atomic E-state index is -4.44. The lowest BCUT2D eigenvalue weighted by Gasteiger charge is -2.21. The van der Waals surface area contributed by atoms with Crippen molar-refractivity contribution in [1.29, 1.82) is 0 Å². The Morgan fingerprint density at radius 3 is 2.64 bits per heavy atom. The molecule has 4 rings (SSSR count). The van der Waals surface area contributed by atoms with Gasteiger partial charge in [0.15, 0.2) is 0 Å². The summed E-state index contributed by atoms with van der Waals surface area (Å²) in [4.78, 5) is 13.2. The van der Waals surface area contributed by atoms with Gasteiger partial charge in [0.25, 0.3) is 0 Å². The highest BCUT2D eigenvalue weighted by Gasteiger charge is 2.41. The molecule has 0 radical (unpaired) electrons. The SMILES string of the molecule is COCCNC[C@H]1C[C@@H](Nc2nc(NCC(F)(F)F)nc(C)c2-c2nc3ccccc3s2)[C@H](O)[C@@H]1O. The highest BCUT2D eigenvalue weighted by atomic mass is 32.1. The number of fused-ring (bicyclic) bond motifs is 1. The Labute approximate surface area is 210 Å². The van der Waals surface area contributed by atoms with E-state index in [2.05, 4.69) is 30.9 Å². The van der Waals surface area contributed by atoms with Crippen molar-refractivity contribution in [2.24, 2.45) is 5.92 Å². The minimum Gasteiger partial charge on any atom is -0.390 e. The van der Waals surface area contributed by atoms with E-state index in [0.29, 0.717) is 42.4 Å². The maximum absolute atomic E-state index is 12.8. The van der Waals surface area contributed by atoms with Crippen LogP contribution in [0.2, 0.25) is 0 Å². The summed E-state index contributed by atoms with van der Waals surface area (Å²) in [7, 11) is 1.60. The number of anilines is 2. The summed E-state index contributed by atoms with van der Waals surface area (Å²) < 4.78 is 44.4. The molecule has 1 aliphatic carbocycles. The Bertz CT molecular complexity index is 1140. The number of aryl methyl sites for hydroxylation is 1. The van der Waals surface area contributed by atoms with Crippen molar-refractivity contribution in [1.82, 2.24) is 20.3 Å². The molecule has 0 bridgehead atoms. The van der Waals surface area contributed by atoms with Crippen LogP contribution in [-0.2, 0) is 4.74 Å². The molecule has 4 atom stereocenters. The van der Waals surface area contributed by atoms with Crippen molar-refractivity contribution in [2.45, 2.75) is 37.8 Å². The van der Waals surface area contributed by atoms with Gasteiger partial charge in [-0.05, 0) is 25.5 Å². The number of aromatic nitrogens is 3. The molecule has 0 amide bonds. The molecular weight excluding hydrogens is 497 g/mol. The van der Waals surface area contributed by atoms with Gasteiger partial charge in [-0.15, -0.1) is 11.3 Å². The zero-order valence-electron chi connectivity index (χ0n) is 19.8. The first-order chi connectivity index (χ1) is 17.2. The number of ether oxygens (including phenoxy) is 1. The highest BCUT2D eigenvalue weighted by Crippen LogP contribution is 2.38. The normalized spacial score (nSPS) is 22.3. The third kappa shape index (κ3) is 6.21. The minimum absolute atomic E-state index is 0.192. The summed E-state index contributed by atoms with van der Waals surface area (Å²) in [5, 5.41) is 30.5. The first-order valence-electron chi connectivity index (χ1n) is 11.5. The molecule has 1 saturated carbocycles. The zero-order valence-corrected chi connectivity index (χ0v) is 20.7. The van der Waals surface area contributed by atoms with Gasteiger partial charge < -0.3 is 30.9 Å². The Hall–Kier alpha value is -2.58. The first-order valence-corrected chi connectivity index (χ1v) is 12.4. The third-order valence-corrected chi connectivity index (χ3v) is 7.11. The number of halogens is 3. The maximum Gasteiger partial charge on any atom is 0.405 e. The second-order valence-corrected chi connectivity index (χ2v) is 9.77. The number of hydrogen-bond acceptors (Lipinski definition) is 10. The topological polar surface area (TPSA) is 124 Å². The Kier molecular flexibility index (Phi) is 8.25. The molecule has 0 spiro atoms. The van der Waals surface area contributed by atoms with Gasteiger partial charge in [0.2, 0.25) is 5.95 Å². The molecule has 0 aliphatic heterocycles. The van der Waals surface area contributed by atoms with Crippen LogP contribution in [0.3, 0.4) is 0 Å². The molecule has 0 unspecified atom stereocenters. The molecule has 36 heavy (non-hydrogen) atoms. The van der Waals surface area contributed by atoms with Crippen molar-refractivity contribution in [3.8, 4) is 10.6 Å². The smallest absolute Gasteiger partial charge is 0.390 e. The molecule has 0 saturated heterocycles. The second kappa shape index (κ2) is 11.2. The van der Waals surface area contributed by atoms with Crippen LogP contribution >= 0.6 is 11.3 Å². The molecule has 13 heteroatoms. The predicted molar refractivity (Wildman–Crippen MR) is 132 cm³/mol. The van der Waals surface area contributed by atoms with E-state index in [1.165, 1.54) is 11.3 Å². The number of benzene rings is 1. The molecule has 2 heterocycles. The van der Waals surface area contributed by atoms with E-state index in [1.807, 2.05) is 24.3 Å². The van der Waals surface area contributed by atoms with Gasteiger partial charge in [0.05, 0.1) is 40.2 Å². The quantitative estimate of drug-likeness (QED) is 0.254. The van der Waals surface area contributed by atoms with E-state index < -0.39 is 31.0 Å². The summed E-state index contributed by atoms with van der Waals surface area (Å²) >= 11 is 1.41. The number of para-hydroxylation sites is 1. The number of methoxy groups -OCH3 is 1. The Morgan fingerprint density at radius 1 is 1.14 bits per heavy atom. The number of aliphatic hydroxyl groups excluding tert-OH is 2. The van der Waals surface area contributed by atoms with Gasteiger partial charge in [-0.2, -0.15) is 18.2 Å². The van der Waals surface area contributed by atoms with E-state index in [1.54, 1.807) is 14.0 Å². The number of thiazole rings is 1. The zero-order chi connectivity index (χ0) is 25.9. The van der Waals surface area contributed by atoms with Gasteiger partial charge in [0, 0.05) is 26.1 Å². The van der Waals surface area contributed by atoms with Crippen molar-refractivity contribution >= 4 is 33.3 Å². The summed E-state index contributed by atoms with van der Waals surface area (Å²) in [6, 6.07) is 6.99. The fourth-order valence-electron chi connectivity index (χ4n) is 4.28. The largest absolute Gasteiger partial charge is 0.405 e. The Balaban J connectivity index is 1.63. The number of nitrogens with one attached hydrogen (secondary N) is 3. The number of alkyl halides is 3. The van der Waals surface area contributed by atoms with E-state index in [0.717, 1.165) is 10.2 Å². The lowest BCUT2D eigenvalue weighted by molar-refractivity contribution is -0.115. The van der Waals surface area contributed by atoms with Gasteiger partial charge in [0.1, 0.15) is 23.5 Å². The standard InChI is InChI=1S/C23H29F3N6O3S/c1-12-17(21-31-14-5-3-4-6-16(14)36-21)20(32-22(29-12)28-11-23(24,25)26)30-15-9-13(18(33)19(15)34)10-27-7-8-35-2/h3-6,13,15,18-19,27,33-34H,7-11H2,1-2H3,(H2,28,29,30,32)/t13-,15-,18-,19+/m1/s1. The number of hydrogen-bond donors (Lipinski definition) is 5. The van der Waals surface area contributed by atoms with Crippen LogP contribution < -0.4 is 16.0 Å². The van der Waals surface area contributed by atoms with E-state index in [-0.39, 0.29) is 17.7 Å². The molecule has 5 N–H and O–H groups in total. The van der Waals surface area contributed by atoms with Crippen LogP contribution in [0, 0.1) is 12.8 Å². The predicted octanol–water partition coefficient (Wildman–Crippen LogP) is 2.79. The lowest BCUT2D eigenvalue weighted by Crippen LogP contribution is -2.37. The average Bonchev–Trinajstić information content (AvgIpc) is 3.36. The van der Waals surface area contributed by atoms with Crippen molar-refractivity contribution in [2.75, 3.05) is 44.0 Å². The lowest BCUT2D eigenvalue weighted by atomic mass is 10.1. The number of nitrogens with zero attached hydrogens (tertiary/aromatic N) is 3. The maximum atomic E-state index is 12.8. The van der Waals surface area contributed by atoms with Crippen LogP contribution in [0.25, 0.3) is 20.8 Å². The number of aliphatic hydroxyl groups is 2. The average molecular weight is 527 g/mol. The van der Waals surface area contributed by atoms with Crippen LogP contribution in [0.5, 0.6) is 0 Å². The molecule has 9 nitrogen and oxygen atoms in total. The molecule has 2 aromatic heterocycles. The fraction of sp³-hybridized carbons (Fsp3) is 0.522. The second-order valence-electron chi connectivity index (χ2n) is 8.74. The monoisotopic (exact) mass is 526 g/mol. The molecule has 196 valence electrons. The summed E-state index contributed by atoms with van der Waals surface area (Å²) in [5.41, 5.74) is 1.75. The molecule has 1 aromatic carbocycles. The molecule has 3 aromatic rings. The Morgan fingerprint density at radius 2 is 1.92 bits per heavy atom. The van der Waals surface area contributed by atoms with Gasteiger partial charge in [-0.25, -0.2) is 9.97 Å². The van der Waals surface area contributed by atoms with E-state index in [9.17, 15) is 23.4 Å². The van der Waals surface area contributed by atoms with Crippen LogP contribution in [-0.4, -0.2) is 82.9 Å². The summed E-state index contributed by atoms with van der Waals surface area (Å²) in [6.07, 6.45) is -6.08. The highest BCUT2D eigenvalue weighted by molar-refractivity contribution is 7.21. The fourth-order valence-corrected chi connectivity index (χ4v) is 5.34. The van der Waals surface area contributed by atoms with Gasteiger partial charge in [-0.1, -0.05) is 12.1 Å². The van der Waals surface area contributed by atoms with E-state index >= 15 is 0 Å². The molecular formula is C23H29F3N6O3S. The van der Waals surface area contributed by atoms with Crippen LogP contribution in [0.15, 0.2) is 24.3 Å². The summed E-state index contributed by atoms with van der Waals surface area (Å²) in [6.45, 7) is 2.00. The molecule has 1 fully saturated rings. The van der Waals surface area contributed by atoms with Gasteiger partial charge >= 0.3 is 6.18 Å². The van der Waals surface area contributed by atoms with E-state index in [4.69, 9.17) is 4.74 Å².